The van der Waals surface area contributed by atoms with Crippen molar-refractivity contribution >= 4 is 23.0 Å². The fourth-order valence-corrected chi connectivity index (χ4v) is 3.80. The van der Waals surface area contributed by atoms with Crippen LogP contribution >= 0.6 is 0 Å². The molecule has 1 fully saturated rings. The molecule has 6 heteroatoms. The van der Waals surface area contributed by atoms with Crippen molar-refractivity contribution in [2.24, 2.45) is 0 Å². The highest BCUT2D eigenvalue weighted by molar-refractivity contribution is 5.91. The summed E-state index contributed by atoms with van der Waals surface area (Å²) in [5, 5.41) is 0. The topological polar surface area (TPSA) is 58.2 Å². The predicted molar refractivity (Wildman–Crippen MR) is 116 cm³/mol. The zero-order chi connectivity index (χ0) is 21.1. The third-order valence-electron chi connectivity index (χ3n) is 5.30. The summed E-state index contributed by atoms with van der Waals surface area (Å²) in [4.78, 5) is 22.3. The number of rotatable bonds is 5. The van der Waals surface area contributed by atoms with Crippen LogP contribution < -0.4 is 4.74 Å². The number of fused-ring (bicyclic) bond motifs is 1. The molecule has 0 bridgehead atoms. The van der Waals surface area contributed by atoms with Gasteiger partial charge in [-0.25, -0.2) is 9.37 Å². The Bertz CT molecular complexity index is 1070. The van der Waals surface area contributed by atoms with Crippen molar-refractivity contribution < 1.29 is 13.9 Å². The van der Waals surface area contributed by atoms with E-state index in [2.05, 4.69) is 9.97 Å². The zero-order valence-electron chi connectivity index (χ0n) is 17.3. The van der Waals surface area contributed by atoms with Gasteiger partial charge >= 0.3 is 0 Å². The Balaban J connectivity index is 1.35. The average molecular weight is 407 g/mol. The van der Waals surface area contributed by atoms with E-state index in [0.29, 0.717) is 13.1 Å². The van der Waals surface area contributed by atoms with Gasteiger partial charge in [-0.3, -0.25) is 4.79 Å². The molecule has 30 heavy (non-hydrogen) atoms. The number of hydrogen-bond acceptors (Lipinski definition) is 3. The summed E-state index contributed by atoms with van der Waals surface area (Å²) < 4.78 is 19.1. The highest BCUT2D eigenvalue weighted by Crippen LogP contribution is 2.28. The third kappa shape index (κ3) is 4.70. The van der Waals surface area contributed by atoms with E-state index < -0.39 is 0 Å². The molecular formula is C24H26FN3O2. The lowest BCUT2D eigenvalue weighted by molar-refractivity contribution is -0.127. The van der Waals surface area contributed by atoms with Crippen molar-refractivity contribution in [1.82, 2.24) is 14.9 Å². The summed E-state index contributed by atoms with van der Waals surface area (Å²) >= 11 is 0. The standard InChI is InChI=1S/C24H26FN3O2/c1-16(2)30-20-5-3-4-17(14-20)6-9-23(29)28-12-10-18(11-13-28)24-26-21-8-7-19(25)15-22(21)27-24/h3-9,14-16,18H,10-13H2,1-2H3,(H,26,27)/b9-6+. The number of piperidine rings is 1. The predicted octanol–water partition coefficient (Wildman–Crippen LogP) is 4.91. The molecule has 0 aliphatic carbocycles. The summed E-state index contributed by atoms with van der Waals surface area (Å²) in [5.41, 5.74) is 2.43. The van der Waals surface area contributed by atoms with Crippen molar-refractivity contribution in [3.8, 4) is 5.75 Å². The van der Waals surface area contributed by atoms with Crippen LogP contribution in [0.1, 0.15) is 44.0 Å². The summed E-state index contributed by atoms with van der Waals surface area (Å²) in [5.74, 6) is 1.66. The Morgan fingerprint density at radius 1 is 1.23 bits per heavy atom. The molecule has 1 aliphatic rings. The van der Waals surface area contributed by atoms with E-state index in [1.165, 1.54) is 12.1 Å². The Labute approximate surface area is 175 Å². The van der Waals surface area contributed by atoms with E-state index in [1.54, 1.807) is 12.1 Å². The van der Waals surface area contributed by atoms with Crippen molar-refractivity contribution in [3.05, 3.63) is 65.7 Å². The van der Waals surface area contributed by atoms with Crippen LogP contribution in [-0.2, 0) is 4.79 Å². The Morgan fingerprint density at radius 3 is 2.80 bits per heavy atom. The molecule has 5 nitrogen and oxygen atoms in total. The van der Waals surface area contributed by atoms with Crippen molar-refractivity contribution in [2.75, 3.05) is 13.1 Å². The second kappa shape index (κ2) is 8.69. The monoisotopic (exact) mass is 407 g/mol. The fourth-order valence-electron chi connectivity index (χ4n) is 3.80. The number of H-pyrrole nitrogens is 1. The van der Waals surface area contributed by atoms with Gasteiger partial charge in [-0.2, -0.15) is 0 Å². The summed E-state index contributed by atoms with van der Waals surface area (Å²) in [6.07, 6.45) is 5.23. The van der Waals surface area contributed by atoms with Gasteiger partial charge in [0.15, 0.2) is 0 Å². The molecule has 0 radical (unpaired) electrons. The molecule has 4 rings (SSSR count). The van der Waals surface area contributed by atoms with E-state index in [4.69, 9.17) is 4.74 Å². The molecule has 1 aromatic heterocycles. The zero-order valence-corrected chi connectivity index (χ0v) is 17.3. The van der Waals surface area contributed by atoms with Gasteiger partial charge < -0.3 is 14.6 Å². The van der Waals surface area contributed by atoms with Crippen LogP contribution in [-0.4, -0.2) is 40.0 Å². The van der Waals surface area contributed by atoms with Crippen molar-refractivity contribution in [3.63, 3.8) is 0 Å². The van der Waals surface area contributed by atoms with Crippen LogP contribution in [0, 0.1) is 5.82 Å². The first kappa shape index (κ1) is 20.1. The minimum atomic E-state index is -0.272. The van der Waals surface area contributed by atoms with Gasteiger partial charge in [0, 0.05) is 25.1 Å². The molecule has 156 valence electrons. The van der Waals surface area contributed by atoms with Gasteiger partial charge in [-0.15, -0.1) is 0 Å². The molecule has 0 atom stereocenters. The second-order valence-corrected chi connectivity index (χ2v) is 7.96. The van der Waals surface area contributed by atoms with Crippen LogP contribution in [0.15, 0.2) is 48.5 Å². The minimum Gasteiger partial charge on any atom is -0.491 e. The number of aromatic nitrogens is 2. The number of benzene rings is 2. The molecule has 1 saturated heterocycles. The largest absolute Gasteiger partial charge is 0.491 e. The SMILES string of the molecule is CC(C)Oc1cccc(/C=C/C(=O)N2CCC(c3nc4ccc(F)cc4[nH]3)CC2)c1. The van der Waals surface area contributed by atoms with E-state index >= 15 is 0 Å². The number of nitrogens with one attached hydrogen (secondary N) is 1. The van der Waals surface area contributed by atoms with Gasteiger partial charge in [-0.1, -0.05) is 12.1 Å². The number of imidazole rings is 1. The van der Waals surface area contributed by atoms with Crippen LogP contribution in [0.2, 0.25) is 0 Å². The maximum absolute atomic E-state index is 13.4. The number of ether oxygens (including phenoxy) is 1. The number of aromatic amines is 1. The van der Waals surface area contributed by atoms with Crippen molar-refractivity contribution in [2.45, 2.75) is 38.7 Å². The smallest absolute Gasteiger partial charge is 0.246 e. The number of likely N-dealkylation sites (tertiary alicyclic amines) is 1. The number of halogens is 1. The number of amides is 1. The Morgan fingerprint density at radius 2 is 2.03 bits per heavy atom. The maximum atomic E-state index is 13.4. The molecule has 2 heterocycles. The summed E-state index contributed by atoms with van der Waals surface area (Å²) in [6.45, 7) is 5.32. The number of carbonyl (C=O) groups excluding carboxylic acids is 1. The van der Waals surface area contributed by atoms with Crippen LogP contribution in [0.4, 0.5) is 4.39 Å². The van der Waals surface area contributed by atoms with Crippen molar-refractivity contribution in [1.29, 1.82) is 0 Å². The first-order valence-corrected chi connectivity index (χ1v) is 10.4. The molecule has 1 aliphatic heterocycles. The average Bonchev–Trinajstić information content (AvgIpc) is 3.15. The summed E-state index contributed by atoms with van der Waals surface area (Å²) in [6, 6.07) is 12.3. The number of hydrogen-bond donors (Lipinski definition) is 1. The maximum Gasteiger partial charge on any atom is 0.246 e. The molecule has 0 unspecified atom stereocenters. The second-order valence-electron chi connectivity index (χ2n) is 7.96. The molecule has 0 spiro atoms. The van der Waals surface area contributed by atoms with Gasteiger partial charge in [-0.05, 0) is 68.7 Å². The molecule has 1 N–H and O–H groups in total. The number of nitrogens with zero attached hydrogens (tertiary/aromatic N) is 2. The van der Waals surface area contributed by atoms with Gasteiger partial charge in [0.2, 0.25) is 5.91 Å². The first-order valence-electron chi connectivity index (χ1n) is 10.4. The quantitative estimate of drug-likeness (QED) is 0.612. The van der Waals surface area contributed by atoms with Gasteiger partial charge in [0.1, 0.15) is 17.4 Å². The Kier molecular flexibility index (Phi) is 5.84. The highest BCUT2D eigenvalue weighted by Gasteiger charge is 2.25. The summed E-state index contributed by atoms with van der Waals surface area (Å²) in [7, 11) is 0. The molecule has 1 amide bonds. The van der Waals surface area contributed by atoms with Gasteiger partial charge in [0.25, 0.3) is 0 Å². The molecule has 2 aromatic carbocycles. The lowest BCUT2D eigenvalue weighted by Crippen LogP contribution is -2.37. The van der Waals surface area contributed by atoms with Crippen LogP contribution in [0.3, 0.4) is 0 Å². The third-order valence-corrected chi connectivity index (χ3v) is 5.30. The Hall–Kier alpha value is -3.15. The number of carbonyl (C=O) groups is 1. The van der Waals surface area contributed by atoms with E-state index in [0.717, 1.165) is 41.0 Å². The van der Waals surface area contributed by atoms with Crippen LogP contribution in [0.25, 0.3) is 17.1 Å². The lowest BCUT2D eigenvalue weighted by atomic mass is 9.96. The van der Waals surface area contributed by atoms with Gasteiger partial charge in [0.05, 0.1) is 17.1 Å². The lowest BCUT2D eigenvalue weighted by Gasteiger charge is -2.30. The first-order chi connectivity index (χ1) is 14.5. The van der Waals surface area contributed by atoms with E-state index in [9.17, 15) is 9.18 Å². The minimum absolute atomic E-state index is 0.00954. The molecular weight excluding hydrogens is 381 g/mol. The van der Waals surface area contributed by atoms with E-state index in [-0.39, 0.29) is 23.7 Å². The van der Waals surface area contributed by atoms with Crippen LogP contribution in [0.5, 0.6) is 5.75 Å². The fraction of sp³-hybridized carbons (Fsp3) is 0.333. The normalized spacial score (nSPS) is 15.4. The molecule has 0 saturated carbocycles. The highest BCUT2D eigenvalue weighted by atomic mass is 19.1. The molecule has 3 aromatic rings. The van der Waals surface area contributed by atoms with E-state index in [1.807, 2.05) is 49.1 Å².